The molecule has 2 atom stereocenters. The van der Waals surface area contributed by atoms with Gasteiger partial charge in [-0.15, -0.1) is 6.58 Å². The molecule has 0 aliphatic carbocycles. The van der Waals surface area contributed by atoms with Crippen molar-refractivity contribution in [3.63, 3.8) is 0 Å². The summed E-state index contributed by atoms with van der Waals surface area (Å²) in [5, 5.41) is 5.58. The highest BCUT2D eigenvalue weighted by Crippen LogP contribution is 2.32. The van der Waals surface area contributed by atoms with Gasteiger partial charge in [0.2, 0.25) is 0 Å². The lowest BCUT2D eigenvalue weighted by Gasteiger charge is -2.27. The van der Waals surface area contributed by atoms with Crippen molar-refractivity contribution < 1.29 is 4.21 Å². The molecule has 106 valence electrons. The fraction of sp³-hybridized carbons (Fsp3) is 0.500. The van der Waals surface area contributed by atoms with Crippen LogP contribution in [0.15, 0.2) is 35.0 Å². The average molecular weight is 345 g/mol. The third-order valence-electron chi connectivity index (χ3n) is 3.03. The summed E-state index contributed by atoms with van der Waals surface area (Å²) in [5.74, 6) is 0.178. The predicted molar refractivity (Wildman–Crippen MR) is 85.1 cm³/mol. The first kappa shape index (κ1) is 16.5. The standard InChI is InChI=1S/C14H21BrN2OS/c1-10(2)8-11(9-14(3,4)19(16)18)12-6-5-7-13(15)17-12/h5-7,11H,1,8-9,16H2,2-4H3/t11-,19?/m0/s1. The van der Waals surface area contributed by atoms with Gasteiger partial charge in [0.05, 0.1) is 15.7 Å². The minimum absolute atomic E-state index is 0.178. The number of aromatic nitrogens is 1. The highest BCUT2D eigenvalue weighted by atomic mass is 79.9. The van der Waals surface area contributed by atoms with Gasteiger partial charge < -0.3 is 0 Å². The molecule has 0 saturated heterocycles. The molecule has 0 aromatic carbocycles. The van der Waals surface area contributed by atoms with Crippen molar-refractivity contribution in [2.24, 2.45) is 5.14 Å². The smallest absolute Gasteiger partial charge is 0.106 e. The molecule has 0 saturated carbocycles. The van der Waals surface area contributed by atoms with Crippen molar-refractivity contribution >= 4 is 26.9 Å². The SMILES string of the molecule is C=C(C)C[C@@H](CC(C)(C)S(N)=O)c1cccc(Br)n1. The lowest BCUT2D eigenvalue weighted by Crippen LogP contribution is -2.34. The number of rotatable bonds is 6. The number of allylic oxidation sites excluding steroid dienone is 1. The van der Waals surface area contributed by atoms with E-state index in [0.717, 1.165) is 22.3 Å². The first-order chi connectivity index (χ1) is 8.72. The fourth-order valence-corrected chi connectivity index (χ4v) is 2.75. The average Bonchev–Trinajstić information content (AvgIpc) is 2.27. The summed E-state index contributed by atoms with van der Waals surface area (Å²) in [5.41, 5.74) is 2.07. The molecule has 2 N–H and O–H groups in total. The third-order valence-corrected chi connectivity index (χ3v) is 4.73. The Kier molecular flexibility index (Phi) is 5.89. The van der Waals surface area contributed by atoms with Crippen molar-refractivity contribution in [1.82, 2.24) is 4.98 Å². The Morgan fingerprint density at radius 2 is 2.21 bits per heavy atom. The highest BCUT2D eigenvalue weighted by molar-refractivity contribution is 9.10. The first-order valence-corrected chi connectivity index (χ1v) is 8.16. The zero-order valence-corrected chi connectivity index (χ0v) is 14.1. The molecule has 5 heteroatoms. The normalized spacial score (nSPS) is 15.0. The van der Waals surface area contributed by atoms with E-state index in [2.05, 4.69) is 27.5 Å². The molecule has 0 bridgehead atoms. The second kappa shape index (κ2) is 6.77. The molecule has 0 amide bonds. The van der Waals surface area contributed by atoms with E-state index in [1.165, 1.54) is 0 Å². The first-order valence-electron chi connectivity index (χ1n) is 6.15. The van der Waals surface area contributed by atoms with Gasteiger partial charge >= 0.3 is 0 Å². The summed E-state index contributed by atoms with van der Waals surface area (Å²) in [7, 11) is -1.36. The van der Waals surface area contributed by atoms with Crippen LogP contribution in [0.4, 0.5) is 0 Å². The number of halogens is 1. The Balaban J connectivity index is 3.02. The molecule has 1 unspecified atom stereocenters. The van der Waals surface area contributed by atoms with Gasteiger partial charge in [-0.1, -0.05) is 11.6 Å². The second-order valence-electron chi connectivity index (χ2n) is 5.50. The maximum atomic E-state index is 11.6. The van der Waals surface area contributed by atoms with E-state index in [0.29, 0.717) is 6.42 Å². The van der Waals surface area contributed by atoms with E-state index in [4.69, 9.17) is 5.14 Å². The quantitative estimate of drug-likeness (QED) is 0.632. The van der Waals surface area contributed by atoms with Crippen LogP contribution < -0.4 is 5.14 Å². The Morgan fingerprint density at radius 1 is 1.58 bits per heavy atom. The summed E-state index contributed by atoms with van der Waals surface area (Å²) in [6, 6.07) is 5.85. The van der Waals surface area contributed by atoms with Crippen LogP contribution >= 0.6 is 15.9 Å². The van der Waals surface area contributed by atoms with E-state index >= 15 is 0 Å². The van der Waals surface area contributed by atoms with Crippen LogP contribution in [0, 0.1) is 0 Å². The zero-order chi connectivity index (χ0) is 14.6. The minimum Gasteiger partial charge on any atom is -0.251 e. The van der Waals surface area contributed by atoms with Gasteiger partial charge in [-0.05, 0) is 61.7 Å². The summed E-state index contributed by atoms with van der Waals surface area (Å²) in [6.07, 6.45) is 1.54. The van der Waals surface area contributed by atoms with Crippen molar-refractivity contribution in [2.75, 3.05) is 0 Å². The summed E-state index contributed by atoms with van der Waals surface area (Å²) < 4.78 is 12.0. The Morgan fingerprint density at radius 3 is 2.68 bits per heavy atom. The van der Waals surface area contributed by atoms with Crippen LogP contribution in [-0.4, -0.2) is 13.9 Å². The third kappa shape index (κ3) is 5.16. The number of pyridine rings is 1. The van der Waals surface area contributed by atoms with Crippen molar-refractivity contribution in [3.8, 4) is 0 Å². The minimum atomic E-state index is -1.36. The van der Waals surface area contributed by atoms with E-state index in [1.807, 2.05) is 39.0 Å². The Hall–Kier alpha value is -0.520. The lowest BCUT2D eigenvalue weighted by atomic mass is 9.88. The van der Waals surface area contributed by atoms with Gasteiger partial charge in [0.25, 0.3) is 0 Å². The lowest BCUT2D eigenvalue weighted by molar-refractivity contribution is 0.505. The molecule has 0 spiro atoms. The van der Waals surface area contributed by atoms with E-state index in [1.54, 1.807) is 0 Å². The maximum Gasteiger partial charge on any atom is 0.106 e. The largest absolute Gasteiger partial charge is 0.251 e. The van der Waals surface area contributed by atoms with Crippen LogP contribution in [0.2, 0.25) is 0 Å². The van der Waals surface area contributed by atoms with Gasteiger partial charge in [0, 0.05) is 11.6 Å². The molecule has 1 aromatic heterocycles. The molecule has 19 heavy (non-hydrogen) atoms. The van der Waals surface area contributed by atoms with Gasteiger partial charge in [-0.3, -0.25) is 5.14 Å². The van der Waals surface area contributed by atoms with Crippen molar-refractivity contribution in [2.45, 2.75) is 44.3 Å². The molecular formula is C14H21BrN2OS. The second-order valence-corrected chi connectivity index (χ2v) is 8.02. The van der Waals surface area contributed by atoms with E-state index < -0.39 is 15.7 Å². The fourth-order valence-electron chi connectivity index (χ4n) is 2.03. The van der Waals surface area contributed by atoms with E-state index in [-0.39, 0.29) is 5.92 Å². The molecule has 1 heterocycles. The Bertz CT molecular complexity index is 488. The van der Waals surface area contributed by atoms with Gasteiger partial charge in [-0.25, -0.2) is 9.19 Å². The maximum absolute atomic E-state index is 11.6. The van der Waals surface area contributed by atoms with Crippen LogP contribution in [0.25, 0.3) is 0 Å². The zero-order valence-electron chi connectivity index (χ0n) is 11.6. The number of hydrogen-bond donors (Lipinski definition) is 1. The number of nitrogens with zero attached hydrogens (tertiary/aromatic N) is 1. The van der Waals surface area contributed by atoms with E-state index in [9.17, 15) is 4.21 Å². The van der Waals surface area contributed by atoms with Crippen LogP contribution in [0.5, 0.6) is 0 Å². The summed E-state index contributed by atoms with van der Waals surface area (Å²) >= 11 is 3.39. The molecular weight excluding hydrogens is 324 g/mol. The molecule has 0 aliphatic heterocycles. The number of nitrogens with two attached hydrogens (primary N) is 1. The molecule has 1 rings (SSSR count). The van der Waals surface area contributed by atoms with Crippen LogP contribution in [0.1, 0.15) is 45.2 Å². The van der Waals surface area contributed by atoms with Gasteiger partial charge in [-0.2, -0.15) is 0 Å². The van der Waals surface area contributed by atoms with Gasteiger partial charge in [0.1, 0.15) is 4.60 Å². The molecule has 3 nitrogen and oxygen atoms in total. The van der Waals surface area contributed by atoms with Crippen LogP contribution in [-0.2, 0) is 11.0 Å². The van der Waals surface area contributed by atoms with Crippen molar-refractivity contribution in [3.05, 3.63) is 40.6 Å². The topological polar surface area (TPSA) is 56.0 Å². The molecule has 0 radical (unpaired) electrons. The highest BCUT2D eigenvalue weighted by Gasteiger charge is 2.29. The molecule has 0 aliphatic rings. The monoisotopic (exact) mass is 344 g/mol. The van der Waals surface area contributed by atoms with Crippen LogP contribution in [0.3, 0.4) is 0 Å². The van der Waals surface area contributed by atoms with Gasteiger partial charge in [0.15, 0.2) is 0 Å². The Labute approximate surface area is 126 Å². The predicted octanol–water partition coefficient (Wildman–Crippen LogP) is 3.69. The number of hydrogen-bond acceptors (Lipinski definition) is 2. The van der Waals surface area contributed by atoms with Crippen molar-refractivity contribution in [1.29, 1.82) is 0 Å². The summed E-state index contributed by atoms with van der Waals surface area (Å²) in [4.78, 5) is 4.51. The summed E-state index contributed by atoms with van der Waals surface area (Å²) in [6.45, 7) is 9.81. The molecule has 0 fully saturated rings. The molecule has 1 aromatic rings.